The Labute approximate surface area is 102 Å². The number of aryl methyl sites for hydroxylation is 1. The predicted molar refractivity (Wildman–Crippen MR) is 66.6 cm³/mol. The molecular formula is C13H20FN3. The maximum atomic E-state index is 14.1. The van der Waals surface area contributed by atoms with Gasteiger partial charge in [0.25, 0.3) is 0 Å². The van der Waals surface area contributed by atoms with E-state index in [1.54, 1.807) is 0 Å². The lowest BCUT2D eigenvalue weighted by Crippen LogP contribution is -2.36. The first-order chi connectivity index (χ1) is 7.99. The summed E-state index contributed by atoms with van der Waals surface area (Å²) in [4.78, 5) is 10.0. The van der Waals surface area contributed by atoms with Gasteiger partial charge in [0.05, 0.1) is 5.69 Å². The zero-order chi connectivity index (χ0) is 12.6. The molecule has 0 bridgehead atoms. The quantitative estimate of drug-likeness (QED) is 0.806. The molecule has 94 valence electrons. The Morgan fingerprint density at radius 2 is 2.12 bits per heavy atom. The van der Waals surface area contributed by atoms with Crippen LogP contribution in [-0.4, -0.2) is 23.1 Å². The van der Waals surface area contributed by atoms with Gasteiger partial charge in [-0.05, 0) is 31.6 Å². The third kappa shape index (κ3) is 2.13. The van der Waals surface area contributed by atoms with Gasteiger partial charge in [0.2, 0.25) is 0 Å². The predicted octanol–water partition coefficient (Wildman–Crippen LogP) is 2.80. The topological polar surface area (TPSA) is 29.0 Å². The highest BCUT2D eigenvalue weighted by molar-refractivity contribution is 5.42. The van der Waals surface area contributed by atoms with Crippen molar-refractivity contribution in [2.45, 2.75) is 46.1 Å². The van der Waals surface area contributed by atoms with Crippen LogP contribution in [0.1, 0.15) is 39.3 Å². The van der Waals surface area contributed by atoms with Crippen LogP contribution in [0.25, 0.3) is 0 Å². The average molecular weight is 237 g/mol. The maximum Gasteiger partial charge on any atom is 0.187 e. The maximum absolute atomic E-state index is 14.1. The lowest BCUT2D eigenvalue weighted by molar-refractivity contribution is 0.438. The number of anilines is 1. The minimum atomic E-state index is -0.270. The number of hydrogen-bond acceptors (Lipinski definition) is 3. The van der Waals surface area contributed by atoms with Crippen LogP contribution in [0.4, 0.5) is 10.2 Å². The van der Waals surface area contributed by atoms with Gasteiger partial charge in [0.15, 0.2) is 11.6 Å². The van der Waals surface area contributed by atoms with Crippen molar-refractivity contribution in [2.75, 3.05) is 11.9 Å². The molecule has 2 rings (SSSR count). The summed E-state index contributed by atoms with van der Waals surface area (Å²) in [5.41, 5.74) is 0.813. The summed E-state index contributed by atoms with van der Waals surface area (Å²) in [5.74, 6) is 0.158. The fourth-order valence-corrected chi connectivity index (χ4v) is 2.15. The summed E-state index contributed by atoms with van der Waals surface area (Å²) in [5, 5.41) is 0. The average Bonchev–Trinajstić information content (AvgIpc) is 3.07. The van der Waals surface area contributed by atoms with Crippen molar-refractivity contribution in [2.24, 2.45) is 5.41 Å². The number of hydrogen-bond donors (Lipinski definition) is 0. The third-order valence-corrected chi connectivity index (χ3v) is 4.14. The van der Waals surface area contributed by atoms with Crippen molar-refractivity contribution in [3.05, 3.63) is 17.8 Å². The lowest BCUT2D eigenvalue weighted by atomic mass is 9.99. The van der Waals surface area contributed by atoms with Crippen LogP contribution in [0, 0.1) is 11.2 Å². The lowest BCUT2D eigenvalue weighted by Gasteiger charge is -2.31. The molecule has 0 saturated heterocycles. The molecule has 1 unspecified atom stereocenters. The molecule has 1 aromatic rings. The highest BCUT2D eigenvalue weighted by atomic mass is 19.1. The van der Waals surface area contributed by atoms with E-state index in [1.807, 2.05) is 18.9 Å². The SMILES string of the molecule is CCc1ncnc(N(C)C(C)C2(C)CC2)c1F. The molecule has 0 amide bonds. The van der Waals surface area contributed by atoms with Gasteiger partial charge < -0.3 is 4.90 Å². The van der Waals surface area contributed by atoms with Crippen molar-refractivity contribution in [3.63, 3.8) is 0 Å². The fraction of sp³-hybridized carbons (Fsp3) is 0.692. The highest BCUT2D eigenvalue weighted by Gasteiger charge is 2.44. The molecule has 1 saturated carbocycles. The first-order valence-electron chi connectivity index (χ1n) is 6.22. The standard InChI is InChI=1S/C13H20FN3/c1-5-10-11(14)12(16-8-15-10)17(4)9(2)13(3)6-7-13/h8-9H,5-7H2,1-4H3. The Hall–Kier alpha value is -1.19. The summed E-state index contributed by atoms with van der Waals surface area (Å²) in [7, 11) is 1.92. The molecule has 0 spiro atoms. The van der Waals surface area contributed by atoms with E-state index in [2.05, 4.69) is 23.8 Å². The van der Waals surface area contributed by atoms with Crippen molar-refractivity contribution in [1.82, 2.24) is 9.97 Å². The van der Waals surface area contributed by atoms with Gasteiger partial charge in [-0.1, -0.05) is 13.8 Å². The molecule has 1 heterocycles. The van der Waals surface area contributed by atoms with E-state index < -0.39 is 0 Å². The second kappa shape index (κ2) is 4.24. The Morgan fingerprint density at radius 1 is 1.47 bits per heavy atom. The molecule has 1 aliphatic rings. The van der Waals surface area contributed by atoms with Crippen LogP contribution in [0.15, 0.2) is 6.33 Å². The minimum Gasteiger partial charge on any atom is -0.354 e. The Kier molecular flexibility index (Phi) is 3.06. The summed E-state index contributed by atoms with van der Waals surface area (Å²) < 4.78 is 14.1. The number of rotatable bonds is 4. The van der Waals surface area contributed by atoms with Crippen molar-refractivity contribution in [3.8, 4) is 0 Å². The van der Waals surface area contributed by atoms with Crippen molar-refractivity contribution < 1.29 is 4.39 Å². The molecule has 0 aromatic carbocycles. The normalized spacial score (nSPS) is 18.9. The summed E-state index contributed by atoms with van der Waals surface area (Å²) in [6.45, 7) is 6.29. The van der Waals surface area contributed by atoms with Crippen LogP contribution in [0.3, 0.4) is 0 Å². The first kappa shape index (κ1) is 12.3. The highest BCUT2D eigenvalue weighted by Crippen LogP contribution is 2.50. The molecule has 0 aliphatic heterocycles. The van der Waals surface area contributed by atoms with E-state index in [0.717, 1.165) is 0 Å². The van der Waals surface area contributed by atoms with Gasteiger partial charge in [0, 0.05) is 13.1 Å². The molecular weight excluding hydrogens is 217 g/mol. The molecule has 1 aromatic heterocycles. The zero-order valence-corrected chi connectivity index (χ0v) is 11.0. The van der Waals surface area contributed by atoms with E-state index in [4.69, 9.17) is 0 Å². The van der Waals surface area contributed by atoms with Crippen LogP contribution in [0.2, 0.25) is 0 Å². The van der Waals surface area contributed by atoms with E-state index in [9.17, 15) is 4.39 Å². The van der Waals surface area contributed by atoms with Gasteiger partial charge in [-0.2, -0.15) is 0 Å². The Balaban J connectivity index is 2.27. The van der Waals surface area contributed by atoms with Crippen molar-refractivity contribution >= 4 is 5.82 Å². The zero-order valence-electron chi connectivity index (χ0n) is 11.0. The van der Waals surface area contributed by atoms with E-state index in [-0.39, 0.29) is 5.82 Å². The van der Waals surface area contributed by atoms with Crippen LogP contribution in [-0.2, 0) is 6.42 Å². The van der Waals surface area contributed by atoms with Gasteiger partial charge >= 0.3 is 0 Å². The second-order valence-corrected chi connectivity index (χ2v) is 5.25. The molecule has 4 heteroatoms. The van der Waals surface area contributed by atoms with Crippen LogP contribution >= 0.6 is 0 Å². The molecule has 0 N–H and O–H groups in total. The Bertz CT molecular complexity index is 415. The first-order valence-corrected chi connectivity index (χ1v) is 6.22. The Morgan fingerprint density at radius 3 is 2.65 bits per heavy atom. The molecule has 1 atom stereocenters. The smallest absolute Gasteiger partial charge is 0.187 e. The van der Waals surface area contributed by atoms with Gasteiger partial charge in [-0.3, -0.25) is 0 Å². The summed E-state index contributed by atoms with van der Waals surface area (Å²) >= 11 is 0. The molecule has 0 radical (unpaired) electrons. The molecule has 1 aliphatic carbocycles. The number of halogens is 1. The van der Waals surface area contributed by atoms with Crippen LogP contribution < -0.4 is 4.90 Å². The van der Waals surface area contributed by atoms with E-state index >= 15 is 0 Å². The fourth-order valence-electron chi connectivity index (χ4n) is 2.15. The molecule has 1 fully saturated rings. The summed E-state index contributed by atoms with van der Waals surface area (Å²) in [6, 6.07) is 0.302. The third-order valence-electron chi connectivity index (χ3n) is 4.14. The number of aromatic nitrogens is 2. The summed E-state index contributed by atoms with van der Waals surface area (Å²) in [6.07, 6.45) is 4.48. The number of nitrogens with zero attached hydrogens (tertiary/aromatic N) is 3. The second-order valence-electron chi connectivity index (χ2n) is 5.25. The van der Waals surface area contributed by atoms with Gasteiger partial charge in [-0.15, -0.1) is 0 Å². The monoisotopic (exact) mass is 237 g/mol. The van der Waals surface area contributed by atoms with E-state index in [0.29, 0.717) is 29.4 Å². The van der Waals surface area contributed by atoms with E-state index in [1.165, 1.54) is 19.2 Å². The van der Waals surface area contributed by atoms with Crippen LogP contribution in [0.5, 0.6) is 0 Å². The van der Waals surface area contributed by atoms with Crippen molar-refractivity contribution in [1.29, 1.82) is 0 Å². The molecule has 17 heavy (non-hydrogen) atoms. The minimum absolute atomic E-state index is 0.270. The largest absolute Gasteiger partial charge is 0.354 e. The van der Waals surface area contributed by atoms with Gasteiger partial charge in [0.1, 0.15) is 6.33 Å². The van der Waals surface area contributed by atoms with Gasteiger partial charge in [-0.25, -0.2) is 14.4 Å². The molecule has 3 nitrogen and oxygen atoms in total.